The smallest absolute Gasteiger partial charge is 0.258 e. The Labute approximate surface area is 162 Å². The summed E-state index contributed by atoms with van der Waals surface area (Å²) in [7, 11) is 0. The van der Waals surface area contributed by atoms with Gasteiger partial charge in [0, 0.05) is 4.47 Å². The van der Waals surface area contributed by atoms with Crippen LogP contribution in [-0.2, 0) is 4.79 Å². The van der Waals surface area contributed by atoms with E-state index < -0.39 is 0 Å². The van der Waals surface area contributed by atoms with Gasteiger partial charge in [0.05, 0.1) is 19.3 Å². The maximum absolute atomic E-state index is 12.2. The third-order valence-corrected chi connectivity index (χ3v) is 4.10. The average Bonchev–Trinajstić information content (AvgIpc) is 2.62. The lowest BCUT2D eigenvalue weighted by molar-refractivity contribution is -0.123. The van der Waals surface area contributed by atoms with Crippen LogP contribution in [0.2, 0.25) is 0 Å². The Morgan fingerprint density at radius 3 is 2.46 bits per heavy atom. The predicted molar refractivity (Wildman–Crippen MR) is 105 cm³/mol. The van der Waals surface area contributed by atoms with E-state index in [-0.39, 0.29) is 18.6 Å². The molecule has 0 aliphatic carbocycles. The summed E-state index contributed by atoms with van der Waals surface area (Å²) < 4.78 is 17.6. The average molecular weight is 422 g/mol. The first-order valence-electron chi connectivity index (χ1n) is 8.60. The van der Waals surface area contributed by atoms with Crippen molar-refractivity contribution >= 4 is 21.8 Å². The molecule has 0 fully saturated rings. The third-order valence-electron chi connectivity index (χ3n) is 3.61. The Morgan fingerprint density at radius 2 is 1.77 bits per heavy atom. The van der Waals surface area contributed by atoms with Gasteiger partial charge >= 0.3 is 0 Å². The van der Waals surface area contributed by atoms with Crippen molar-refractivity contribution in [1.82, 2.24) is 5.32 Å². The van der Waals surface area contributed by atoms with E-state index in [1.807, 2.05) is 63.2 Å². The van der Waals surface area contributed by atoms with E-state index >= 15 is 0 Å². The number of benzene rings is 2. The summed E-state index contributed by atoms with van der Waals surface area (Å²) in [4.78, 5) is 12.2. The van der Waals surface area contributed by atoms with Crippen LogP contribution in [-0.4, -0.2) is 25.7 Å². The van der Waals surface area contributed by atoms with Gasteiger partial charge in [-0.1, -0.05) is 28.1 Å². The van der Waals surface area contributed by atoms with Crippen molar-refractivity contribution in [2.24, 2.45) is 0 Å². The first kappa shape index (κ1) is 20.1. The first-order valence-corrected chi connectivity index (χ1v) is 9.40. The number of hydrogen-bond acceptors (Lipinski definition) is 4. The fourth-order valence-corrected chi connectivity index (χ4v) is 2.79. The topological polar surface area (TPSA) is 56.8 Å². The molecule has 2 aromatic rings. The number of halogens is 1. The summed E-state index contributed by atoms with van der Waals surface area (Å²) >= 11 is 3.37. The number of ether oxygens (including phenoxy) is 3. The molecule has 0 bridgehead atoms. The minimum absolute atomic E-state index is 0.0455. The second-order valence-electron chi connectivity index (χ2n) is 5.61. The number of carbonyl (C=O) groups excluding carboxylic acids is 1. The normalized spacial score (nSPS) is 11.5. The molecule has 5 nitrogen and oxygen atoms in total. The Balaban J connectivity index is 1.96. The lowest BCUT2D eigenvalue weighted by Gasteiger charge is -2.17. The SMILES string of the molecule is CCOc1ccc([C@H](C)NC(=O)COc2cccc(Br)c2)cc1OCC. The molecule has 0 saturated carbocycles. The minimum Gasteiger partial charge on any atom is -0.490 e. The van der Waals surface area contributed by atoms with Crippen molar-refractivity contribution in [1.29, 1.82) is 0 Å². The molecule has 0 aromatic heterocycles. The van der Waals surface area contributed by atoms with Gasteiger partial charge in [0.15, 0.2) is 18.1 Å². The van der Waals surface area contributed by atoms with Crippen LogP contribution in [0.5, 0.6) is 17.2 Å². The van der Waals surface area contributed by atoms with Crippen LogP contribution in [0.3, 0.4) is 0 Å². The summed E-state index contributed by atoms with van der Waals surface area (Å²) in [5.41, 5.74) is 0.938. The predicted octanol–water partition coefficient (Wildman–Crippen LogP) is 4.50. The number of hydrogen-bond donors (Lipinski definition) is 1. The Kier molecular flexibility index (Phi) is 7.78. The number of rotatable bonds is 9. The summed E-state index contributed by atoms with van der Waals surface area (Å²) in [6.45, 7) is 6.84. The Hall–Kier alpha value is -2.21. The molecule has 1 amide bonds. The van der Waals surface area contributed by atoms with Crippen molar-refractivity contribution in [3.05, 3.63) is 52.5 Å². The van der Waals surface area contributed by atoms with Crippen molar-refractivity contribution in [3.8, 4) is 17.2 Å². The van der Waals surface area contributed by atoms with E-state index in [4.69, 9.17) is 14.2 Å². The summed E-state index contributed by atoms with van der Waals surface area (Å²) in [5, 5.41) is 2.93. The fourth-order valence-electron chi connectivity index (χ4n) is 2.41. The highest BCUT2D eigenvalue weighted by atomic mass is 79.9. The molecular weight excluding hydrogens is 398 g/mol. The van der Waals surface area contributed by atoms with Gasteiger partial charge in [-0.05, 0) is 56.7 Å². The molecule has 2 rings (SSSR count). The zero-order valence-corrected chi connectivity index (χ0v) is 16.8. The first-order chi connectivity index (χ1) is 12.5. The molecule has 26 heavy (non-hydrogen) atoms. The molecule has 0 aliphatic rings. The molecule has 0 unspecified atom stereocenters. The molecule has 2 aromatic carbocycles. The number of amides is 1. The molecular formula is C20H24BrNO4. The van der Waals surface area contributed by atoms with Gasteiger partial charge in [-0.3, -0.25) is 4.79 Å². The molecule has 0 spiro atoms. The molecule has 0 aliphatic heterocycles. The van der Waals surface area contributed by atoms with Crippen LogP contribution >= 0.6 is 15.9 Å². The van der Waals surface area contributed by atoms with Crippen molar-refractivity contribution in [2.75, 3.05) is 19.8 Å². The highest BCUT2D eigenvalue weighted by Crippen LogP contribution is 2.30. The standard InChI is InChI=1S/C20H24BrNO4/c1-4-24-18-10-9-15(11-19(18)25-5-2)14(3)22-20(23)13-26-17-8-6-7-16(21)12-17/h6-12,14H,4-5,13H2,1-3H3,(H,22,23)/t14-/m0/s1. The Bertz CT molecular complexity index is 736. The fraction of sp³-hybridized carbons (Fsp3) is 0.350. The van der Waals surface area contributed by atoms with Gasteiger partial charge in [0.1, 0.15) is 5.75 Å². The number of carbonyl (C=O) groups is 1. The summed E-state index contributed by atoms with van der Waals surface area (Å²) in [5.74, 6) is 1.83. The van der Waals surface area contributed by atoms with Gasteiger partial charge in [-0.25, -0.2) is 0 Å². The highest BCUT2D eigenvalue weighted by Gasteiger charge is 2.13. The maximum Gasteiger partial charge on any atom is 0.258 e. The molecule has 1 N–H and O–H groups in total. The molecule has 140 valence electrons. The zero-order chi connectivity index (χ0) is 18.9. The monoisotopic (exact) mass is 421 g/mol. The van der Waals surface area contributed by atoms with Crippen LogP contribution in [0.15, 0.2) is 46.9 Å². The van der Waals surface area contributed by atoms with Crippen molar-refractivity contribution in [2.45, 2.75) is 26.8 Å². The van der Waals surface area contributed by atoms with Crippen LogP contribution in [0.1, 0.15) is 32.4 Å². The van der Waals surface area contributed by atoms with E-state index in [1.54, 1.807) is 0 Å². The molecule has 6 heteroatoms. The van der Waals surface area contributed by atoms with Gasteiger partial charge < -0.3 is 19.5 Å². The molecule has 0 heterocycles. The van der Waals surface area contributed by atoms with Crippen molar-refractivity contribution < 1.29 is 19.0 Å². The van der Waals surface area contributed by atoms with E-state index in [9.17, 15) is 4.79 Å². The van der Waals surface area contributed by atoms with Gasteiger partial charge in [0.25, 0.3) is 5.91 Å². The van der Waals surface area contributed by atoms with E-state index in [2.05, 4.69) is 21.2 Å². The number of nitrogens with one attached hydrogen (secondary N) is 1. The maximum atomic E-state index is 12.2. The van der Waals surface area contributed by atoms with Gasteiger partial charge in [-0.2, -0.15) is 0 Å². The second kappa shape index (κ2) is 10.1. The van der Waals surface area contributed by atoms with E-state index in [1.165, 1.54) is 0 Å². The quantitative estimate of drug-likeness (QED) is 0.647. The lowest BCUT2D eigenvalue weighted by Crippen LogP contribution is -2.31. The highest BCUT2D eigenvalue weighted by molar-refractivity contribution is 9.10. The summed E-state index contributed by atoms with van der Waals surface area (Å²) in [6, 6.07) is 12.9. The van der Waals surface area contributed by atoms with E-state index in [0.717, 1.165) is 10.0 Å². The third kappa shape index (κ3) is 5.95. The minimum atomic E-state index is -0.190. The molecule has 1 atom stereocenters. The van der Waals surface area contributed by atoms with Crippen molar-refractivity contribution in [3.63, 3.8) is 0 Å². The lowest BCUT2D eigenvalue weighted by atomic mass is 10.1. The van der Waals surface area contributed by atoms with Crippen LogP contribution < -0.4 is 19.5 Å². The largest absolute Gasteiger partial charge is 0.490 e. The zero-order valence-electron chi connectivity index (χ0n) is 15.3. The van der Waals surface area contributed by atoms with Crippen LogP contribution in [0.25, 0.3) is 0 Å². The Morgan fingerprint density at radius 1 is 1.04 bits per heavy atom. The molecule has 0 radical (unpaired) electrons. The van der Waals surface area contributed by atoms with Crippen LogP contribution in [0, 0.1) is 0 Å². The van der Waals surface area contributed by atoms with Gasteiger partial charge in [0.2, 0.25) is 0 Å². The van der Waals surface area contributed by atoms with E-state index in [0.29, 0.717) is 30.5 Å². The molecule has 0 saturated heterocycles. The van der Waals surface area contributed by atoms with Gasteiger partial charge in [-0.15, -0.1) is 0 Å². The second-order valence-corrected chi connectivity index (χ2v) is 6.52. The van der Waals surface area contributed by atoms with Crippen LogP contribution in [0.4, 0.5) is 0 Å². The summed E-state index contributed by atoms with van der Waals surface area (Å²) in [6.07, 6.45) is 0.